The summed E-state index contributed by atoms with van der Waals surface area (Å²) in [6.07, 6.45) is 0.975. The van der Waals surface area contributed by atoms with Crippen LogP contribution in [-0.2, 0) is 5.41 Å². The van der Waals surface area contributed by atoms with Gasteiger partial charge in [-0.05, 0) is 36.8 Å². The van der Waals surface area contributed by atoms with Crippen molar-refractivity contribution in [3.63, 3.8) is 0 Å². The van der Waals surface area contributed by atoms with E-state index in [1.165, 1.54) is 16.0 Å². The number of halogens is 2. The molecule has 0 unspecified atom stereocenters. The van der Waals surface area contributed by atoms with Crippen molar-refractivity contribution in [2.45, 2.75) is 23.7 Å². The summed E-state index contributed by atoms with van der Waals surface area (Å²) < 4.78 is 0. The van der Waals surface area contributed by atoms with Crippen molar-refractivity contribution < 1.29 is 0 Å². The first-order chi connectivity index (χ1) is 10.2. The fraction of sp³-hybridized carbons (Fsp3) is 0.333. The number of benzene rings is 2. The van der Waals surface area contributed by atoms with Gasteiger partial charge in [0, 0.05) is 22.1 Å². The lowest BCUT2D eigenvalue weighted by Gasteiger charge is -2.30. The van der Waals surface area contributed by atoms with E-state index >= 15 is 0 Å². The Hall–Kier alpha value is -0.630. The van der Waals surface area contributed by atoms with Gasteiger partial charge in [0.15, 0.2) is 0 Å². The first kappa shape index (κ1) is 16.7. The molecule has 0 spiro atoms. The molecule has 0 nitrogen and oxygen atoms in total. The molecule has 0 atom stereocenters. The largest absolute Gasteiger partial charge is 0.126 e. The molecule has 0 aliphatic heterocycles. The van der Waals surface area contributed by atoms with Crippen molar-refractivity contribution in [3.05, 3.63) is 65.7 Å². The van der Waals surface area contributed by atoms with Crippen molar-refractivity contribution in [2.24, 2.45) is 0 Å². The van der Waals surface area contributed by atoms with Crippen LogP contribution in [0.15, 0.2) is 59.5 Å². The highest BCUT2D eigenvalue weighted by molar-refractivity contribution is 7.99. The second-order valence-corrected chi connectivity index (χ2v) is 7.03. The predicted molar refractivity (Wildman–Crippen MR) is 96.1 cm³/mol. The number of thioether (sulfide) groups is 1. The Kier molecular flexibility index (Phi) is 6.47. The lowest BCUT2D eigenvalue weighted by Crippen LogP contribution is -2.31. The van der Waals surface area contributed by atoms with Crippen molar-refractivity contribution >= 4 is 35.0 Å². The van der Waals surface area contributed by atoms with E-state index in [1.807, 2.05) is 17.8 Å². The summed E-state index contributed by atoms with van der Waals surface area (Å²) in [5, 5.41) is 0. The third-order valence-electron chi connectivity index (χ3n) is 3.77. The number of rotatable bonds is 7. The summed E-state index contributed by atoms with van der Waals surface area (Å²) in [5.74, 6) is 2.11. The van der Waals surface area contributed by atoms with Crippen molar-refractivity contribution in [1.82, 2.24) is 0 Å². The highest BCUT2D eigenvalue weighted by Gasteiger charge is 2.30. The normalized spacial score (nSPS) is 11.6. The SMILES string of the molecule is Cc1ccc(C(CCl)(CCl)CCSc2ccccc2)cc1. The van der Waals surface area contributed by atoms with Crippen LogP contribution >= 0.6 is 35.0 Å². The molecule has 2 rings (SSSR count). The van der Waals surface area contributed by atoms with Crippen LogP contribution in [-0.4, -0.2) is 17.5 Å². The molecule has 0 amide bonds. The molecule has 21 heavy (non-hydrogen) atoms. The molecule has 0 N–H and O–H groups in total. The zero-order chi connectivity index (χ0) is 15.1. The van der Waals surface area contributed by atoms with Crippen LogP contribution in [0.2, 0.25) is 0 Å². The number of hydrogen-bond acceptors (Lipinski definition) is 1. The molecule has 2 aromatic carbocycles. The van der Waals surface area contributed by atoms with E-state index in [-0.39, 0.29) is 5.41 Å². The highest BCUT2D eigenvalue weighted by Crippen LogP contribution is 2.34. The average Bonchev–Trinajstić information content (AvgIpc) is 2.54. The van der Waals surface area contributed by atoms with Crippen LogP contribution < -0.4 is 0 Å². The smallest absolute Gasteiger partial charge is 0.0332 e. The maximum atomic E-state index is 6.29. The van der Waals surface area contributed by atoms with Crippen molar-refractivity contribution in [3.8, 4) is 0 Å². The predicted octanol–water partition coefficient (Wildman–Crippen LogP) is 5.89. The van der Waals surface area contributed by atoms with Gasteiger partial charge >= 0.3 is 0 Å². The monoisotopic (exact) mass is 338 g/mol. The number of alkyl halides is 2. The summed E-state index contributed by atoms with van der Waals surface area (Å²) in [5.41, 5.74) is 2.36. The average molecular weight is 339 g/mol. The fourth-order valence-corrected chi connectivity index (χ4v) is 4.20. The molecule has 0 bridgehead atoms. The molecular weight excluding hydrogens is 319 g/mol. The molecule has 0 aliphatic rings. The molecule has 0 heterocycles. The second kappa shape index (κ2) is 8.12. The molecular formula is C18H20Cl2S. The Labute approximate surface area is 141 Å². The van der Waals surface area contributed by atoms with Crippen LogP contribution in [0.25, 0.3) is 0 Å². The van der Waals surface area contributed by atoms with E-state index in [0.29, 0.717) is 11.8 Å². The van der Waals surface area contributed by atoms with Gasteiger partial charge in [-0.25, -0.2) is 0 Å². The Balaban J connectivity index is 2.06. The van der Waals surface area contributed by atoms with Gasteiger partial charge in [0.25, 0.3) is 0 Å². The van der Waals surface area contributed by atoms with Crippen LogP contribution in [0, 0.1) is 6.92 Å². The van der Waals surface area contributed by atoms with Crippen LogP contribution in [0.4, 0.5) is 0 Å². The van der Waals surface area contributed by atoms with Gasteiger partial charge in [0.1, 0.15) is 0 Å². The third kappa shape index (κ3) is 4.42. The molecule has 0 aromatic heterocycles. The minimum atomic E-state index is -0.140. The fourth-order valence-electron chi connectivity index (χ4n) is 2.26. The second-order valence-electron chi connectivity index (χ2n) is 5.33. The number of aryl methyl sites for hydroxylation is 1. The van der Waals surface area contributed by atoms with E-state index in [2.05, 4.69) is 55.5 Å². The topological polar surface area (TPSA) is 0 Å². The maximum absolute atomic E-state index is 6.29. The third-order valence-corrected chi connectivity index (χ3v) is 5.81. The van der Waals surface area contributed by atoms with E-state index in [0.717, 1.165) is 12.2 Å². The van der Waals surface area contributed by atoms with Crippen LogP contribution in [0.5, 0.6) is 0 Å². The molecule has 3 heteroatoms. The Morgan fingerprint density at radius 2 is 1.52 bits per heavy atom. The van der Waals surface area contributed by atoms with E-state index < -0.39 is 0 Å². The van der Waals surface area contributed by atoms with Gasteiger partial charge < -0.3 is 0 Å². The zero-order valence-corrected chi connectivity index (χ0v) is 14.5. The Morgan fingerprint density at radius 3 is 2.10 bits per heavy atom. The number of hydrogen-bond donors (Lipinski definition) is 0. The van der Waals surface area contributed by atoms with Gasteiger partial charge in [-0.2, -0.15) is 0 Å². The van der Waals surface area contributed by atoms with Gasteiger partial charge in [-0.3, -0.25) is 0 Å². The molecule has 0 radical (unpaired) electrons. The summed E-state index contributed by atoms with van der Waals surface area (Å²) in [4.78, 5) is 1.29. The van der Waals surface area contributed by atoms with Crippen molar-refractivity contribution in [2.75, 3.05) is 17.5 Å². The van der Waals surface area contributed by atoms with E-state index in [4.69, 9.17) is 23.2 Å². The molecule has 112 valence electrons. The lowest BCUT2D eigenvalue weighted by molar-refractivity contribution is 0.524. The summed E-state index contributed by atoms with van der Waals surface area (Å²) >= 11 is 14.4. The Bertz CT molecular complexity index is 533. The lowest BCUT2D eigenvalue weighted by atomic mass is 9.81. The standard InChI is InChI=1S/C18H20Cl2S/c1-15-7-9-16(10-8-15)18(13-19,14-20)11-12-21-17-5-3-2-4-6-17/h2-10H,11-14H2,1H3. The quantitative estimate of drug-likeness (QED) is 0.447. The van der Waals surface area contributed by atoms with Gasteiger partial charge in [0.05, 0.1) is 0 Å². The summed E-state index contributed by atoms with van der Waals surface area (Å²) in [6.45, 7) is 2.10. The minimum absolute atomic E-state index is 0.140. The van der Waals surface area contributed by atoms with Gasteiger partial charge in [0.2, 0.25) is 0 Å². The maximum Gasteiger partial charge on any atom is 0.0332 e. The zero-order valence-electron chi connectivity index (χ0n) is 12.2. The first-order valence-electron chi connectivity index (χ1n) is 7.07. The van der Waals surface area contributed by atoms with Crippen LogP contribution in [0.1, 0.15) is 17.5 Å². The summed E-state index contributed by atoms with van der Waals surface area (Å²) in [7, 11) is 0. The molecule has 0 fully saturated rings. The Morgan fingerprint density at radius 1 is 0.905 bits per heavy atom. The van der Waals surface area contributed by atoms with E-state index in [9.17, 15) is 0 Å². The molecule has 0 saturated heterocycles. The minimum Gasteiger partial charge on any atom is -0.126 e. The summed E-state index contributed by atoms with van der Waals surface area (Å²) in [6, 6.07) is 19.0. The van der Waals surface area contributed by atoms with Gasteiger partial charge in [-0.1, -0.05) is 48.0 Å². The highest BCUT2D eigenvalue weighted by atomic mass is 35.5. The first-order valence-corrected chi connectivity index (χ1v) is 9.12. The van der Waals surface area contributed by atoms with E-state index in [1.54, 1.807) is 0 Å². The van der Waals surface area contributed by atoms with Gasteiger partial charge in [-0.15, -0.1) is 35.0 Å². The van der Waals surface area contributed by atoms with Crippen LogP contribution in [0.3, 0.4) is 0 Å². The molecule has 2 aromatic rings. The molecule has 0 saturated carbocycles. The van der Waals surface area contributed by atoms with Crippen molar-refractivity contribution in [1.29, 1.82) is 0 Å². The molecule has 0 aliphatic carbocycles.